The molecular formula is C13H21NS. The van der Waals surface area contributed by atoms with Gasteiger partial charge in [0.05, 0.1) is 0 Å². The topological polar surface area (TPSA) is 3.24 Å². The maximum atomic E-state index is 4.39. The van der Waals surface area contributed by atoms with Gasteiger partial charge in [0, 0.05) is 6.04 Å². The molecule has 0 spiro atoms. The van der Waals surface area contributed by atoms with Gasteiger partial charge in [-0.1, -0.05) is 50.4 Å². The summed E-state index contributed by atoms with van der Waals surface area (Å²) >= 11 is 4.39. The number of rotatable bonds is 3. The lowest BCUT2D eigenvalue weighted by molar-refractivity contribution is 0.454. The highest BCUT2D eigenvalue weighted by Crippen LogP contribution is 2.29. The molecule has 0 saturated heterocycles. The van der Waals surface area contributed by atoms with E-state index in [1.54, 1.807) is 0 Å². The first-order valence-corrected chi connectivity index (χ1v) is 5.85. The molecule has 1 aromatic rings. The molecule has 1 aromatic carbocycles. The number of hydrogen-bond acceptors (Lipinski definition) is 2. The van der Waals surface area contributed by atoms with Gasteiger partial charge in [0.15, 0.2) is 0 Å². The summed E-state index contributed by atoms with van der Waals surface area (Å²) in [5.41, 5.74) is 4.13. The van der Waals surface area contributed by atoms with Crippen molar-refractivity contribution in [3.63, 3.8) is 0 Å². The van der Waals surface area contributed by atoms with Crippen molar-refractivity contribution in [3.8, 4) is 0 Å². The first-order valence-electron chi connectivity index (χ1n) is 5.45. The Bertz CT molecular complexity index is 331. The summed E-state index contributed by atoms with van der Waals surface area (Å²) in [6, 6.07) is 7.05. The Morgan fingerprint density at radius 3 is 2.20 bits per heavy atom. The molecule has 0 amide bonds. The summed E-state index contributed by atoms with van der Waals surface area (Å²) < 4.78 is 1.96. The van der Waals surface area contributed by atoms with Crippen LogP contribution in [0.4, 0.5) is 0 Å². The van der Waals surface area contributed by atoms with Gasteiger partial charge in [-0.15, -0.1) is 0 Å². The van der Waals surface area contributed by atoms with Gasteiger partial charge in [-0.05, 0) is 37.9 Å². The zero-order valence-corrected chi connectivity index (χ0v) is 11.2. The SMILES string of the molecule is Cc1ccc(C(C)C)c(C(C)N(C)S)c1. The van der Waals surface area contributed by atoms with Gasteiger partial charge < -0.3 is 0 Å². The molecule has 0 fully saturated rings. The van der Waals surface area contributed by atoms with E-state index in [4.69, 9.17) is 0 Å². The number of hydrogen-bond donors (Lipinski definition) is 1. The first kappa shape index (κ1) is 12.6. The van der Waals surface area contributed by atoms with E-state index in [0.717, 1.165) is 0 Å². The minimum absolute atomic E-state index is 0.352. The van der Waals surface area contributed by atoms with Crippen molar-refractivity contribution < 1.29 is 0 Å². The molecule has 0 aliphatic rings. The van der Waals surface area contributed by atoms with E-state index < -0.39 is 0 Å². The fourth-order valence-electron chi connectivity index (χ4n) is 1.78. The molecule has 15 heavy (non-hydrogen) atoms. The zero-order valence-electron chi connectivity index (χ0n) is 10.3. The molecule has 1 nitrogen and oxygen atoms in total. The quantitative estimate of drug-likeness (QED) is 0.759. The highest BCUT2D eigenvalue weighted by Gasteiger charge is 2.14. The Hall–Kier alpha value is -0.470. The summed E-state index contributed by atoms with van der Waals surface area (Å²) in [4.78, 5) is 0. The van der Waals surface area contributed by atoms with Crippen LogP contribution < -0.4 is 0 Å². The molecule has 0 N–H and O–H groups in total. The standard InChI is InChI=1S/C13H21NS/c1-9(2)12-7-6-10(3)8-13(12)11(4)14(5)15/h6-9,11,15H,1-5H3. The van der Waals surface area contributed by atoms with Gasteiger partial charge in [0.1, 0.15) is 0 Å². The summed E-state index contributed by atoms with van der Waals surface area (Å²) in [7, 11) is 2.00. The highest BCUT2D eigenvalue weighted by atomic mass is 32.1. The Kier molecular flexibility index (Phi) is 4.23. The smallest absolute Gasteiger partial charge is 0.0421 e. The zero-order chi connectivity index (χ0) is 11.6. The molecular weight excluding hydrogens is 202 g/mol. The van der Waals surface area contributed by atoms with Crippen LogP contribution in [0.5, 0.6) is 0 Å². The van der Waals surface area contributed by atoms with Crippen molar-refractivity contribution in [1.29, 1.82) is 0 Å². The molecule has 2 heteroatoms. The Morgan fingerprint density at radius 1 is 1.13 bits per heavy atom. The third-order valence-corrected chi connectivity index (χ3v) is 3.22. The lowest BCUT2D eigenvalue weighted by Crippen LogP contribution is -2.14. The molecule has 0 bridgehead atoms. The predicted octanol–water partition coefficient (Wildman–Crippen LogP) is 3.96. The summed E-state index contributed by atoms with van der Waals surface area (Å²) in [6.07, 6.45) is 0. The summed E-state index contributed by atoms with van der Waals surface area (Å²) in [6.45, 7) is 8.80. The molecule has 0 aliphatic heterocycles. The number of nitrogens with zero attached hydrogens (tertiary/aromatic N) is 1. The van der Waals surface area contributed by atoms with E-state index >= 15 is 0 Å². The van der Waals surface area contributed by atoms with Crippen LogP contribution in [-0.4, -0.2) is 11.4 Å². The van der Waals surface area contributed by atoms with Gasteiger partial charge in [-0.25, -0.2) is 4.31 Å². The molecule has 0 aromatic heterocycles. The maximum absolute atomic E-state index is 4.39. The first-order chi connectivity index (χ1) is 6.93. The van der Waals surface area contributed by atoms with Gasteiger partial charge in [-0.3, -0.25) is 0 Å². The van der Waals surface area contributed by atoms with Crippen LogP contribution in [0.1, 0.15) is 49.4 Å². The van der Waals surface area contributed by atoms with Crippen molar-refractivity contribution in [2.45, 2.75) is 39.7 Å². The van der Waals surface area contributed by atoms with Crippen molar-refractivity contribution in [2.75, 3.05) is 7.05 Å². The molecule has 1 rings (SSSR count). The Morgan fingerprint density at radius 2 is 1.73 bits per heavy atom. The maximum Gasteiger partial charge on any atom is 0.0421 e. The Balaban J connectivity index is 3.18. The van der Waals surface area contributed by atoms with Crippen molar-refractivity contribution in [1.82, 2.24) is 4.31 Å². The van der Waals surface area contributed by atoms with Crippen LogP contribution in [0, 0.1) is 6.92 Å². The van der Waals surface area contributed by atoms with Crippen LogP contribution in [0.2, 0.25) is 0 Å². The largest absolute Gasteiger partial charge is 0.249 e. The number of benzene rings is 1. The molecule has 0 radical (unpaired) electrons. The number of thiol groups is 1. The monoisotopic (exact) mass is 223 g/mol. The van der Waals surface area contributed by atoms with E-state index in [1.165, 1.54) is 16.7 Å². The van der Waals surface area contributed by atoms with Gasteiger partial charge in [-0.2, -0.15) is 0 Å². The highest BCUT2D eigenvalue weighted by molar-refractivity contribution is 7.77. The molecule has 0 saturated carbocycles. The lowest BCUT2D eigenvalue weighted by atomic mass is 9.92. The van der Waals surface area contributed by atoms with Crippen LogP contribution in [0.15, 0.2) is 18.2 Å². The van der Waals surface area contributed by atoms with E-state index in [2.05, 4.69) is 58.7 Å². The second-order valence-electron chi connectivity index (χ2n) is 4.54. The third kappa shape index (κ3) is 2.99. The summed E-state index contributed by atoms with van der Waals surface area (Å²) in [5, 5.41) is 0. The van der Waals surface area contributed by atoms with Gasteiger partial charge in [0.2, 0.25) is 0 Å². The fourth-order valence-corrected chi connectivity index (χ4v) is 1.91. The van der Waals surface area contributed by atoms with Crippen LogP contribution >= 0.6 is 12.8 Å². The van der Waals surface area contributed by atoms with E-state index in [0.29, 0.717) is 12.0 Å². The fraction of sp³-hybridized carbons (Fsp3) is 0.538. The normalized spacial score (nSPS) is 13.6. The molecule has 1 atom stereocenters. The van der Waals surface area contributed by atoms with E-state index in [9.17, 15) is 0 Å². The summed E-state index contributed by atoms with van der Waals surface area (Å²) in [5.74, 6) is 0.566. The van der Waals surface area contributed by atoms with Gasteiger partial charge in [0.25, 0.3) is 0 Å². The van der Waals surface area contributed by atoms with Crippen molar-refractivity contribution >= 4 is 12.8 Å². The van der Waals surface area contributed by atoms with Crippen molar-refractivity contribution in [3.05, 3.63) is 34.9 Å². The Labute approximate surface area is 99.0 Å². The van der Waals surface area contributed by atoms with Gasteiger partial charge >= 0.3 is 0 Å². The second-order valence-corrected chi connectivity index (χ2v) is 5.17. The van der Waals surface area contributed by atoms with Crippen LogP contribution in [-0.2, 0) is 0 Å². The van der Waals surface area contributed by atoms with E-state index in [1.807, 2.05) is 11.4 Å². The molecule has 0 heterocycles. The molecule has 1 unspecified atom stereocenters. The minimum Gasteiger partial charge on any atom is -0.249 e. The minimum atomic E-state index is 0.352. The second kappa shape index (κ2) is 5.04. The average molecular weight is 223 g/mol. The molecule has 0 aliphatic carbocycles. The predicted molar refractivity (Wildman–Crippen MR) is 70.4 cm³/mol. The van der Waals surface area contributed by atoms with E-state index in [-0.39, 0.29) is 0 Å². The molecule has 84 valence electrons. The third-order valence-electron chi connectivity index (χ3n) is 2.87. The van der Waals surface area contributed by atoms with Crippen LogP contribution in [0.25, 0.3) is 0 Å². The number of aryl methyl sites for hydroxylation is 1. The van der Waals surface area contributed by atoms with Crippen molar-refractivity contribution in [2.24, 2.45) is 0 Å². The van der Waals surface area contributed by atoms with Crippen LogP contribution in [0.3, 0.4) is 0 Å². The average Bonchev–Trinajstić information content (AvgIpc) is 2.15. The lowest BCUT2D eigenvalue weighted by Gasteiger charge is -2.24.